The number of ketones is 1. The number of nitrogens with zero attached hydrogens (tertiary/aromatic N) is 1. The summed E-state index contributed by atoms with van der Waals surface area (Å²) in [6.07, 6.45) is 3.65. The molecule has 1 aliphatic rings. The first-order valence-corrected chi connectivity index (χ1v) is 7.07. The predicted octanol–water partition coefficient (Wildman–Crippen LogP) is 3.50. The number of H-pyrrole nitrogens is 1. The second kappa shape index (κ2) is 4.53. The molecule has 19 heavy (non-hydrogen) atoms. The highest BCUT2D eigenvalue weighted by molar-refractivity contribution is 9.10. The summed E-state index contributed by atoms with van der Waals surface area (Å²) in [5, 5.41) is 1.15. The maximum atomic E-state index is 12.5. The van der Waals surface area contributed by atoms with Crippen LogP contribution in [-0.4, -0.2) is 29.8 Å². The van der Waals surface area contributed by atoms with Gasteiger partial charge in [-0.1, -0.05) is 15.9 Å². The van der Waals surface area contributed by atoms with Crippen molar-refractivity contribution >= 4 is 32.6 Å². The third-order valence-electron chi connectivity index (χ3n) is 3.45. The van der Waals surface area contributed by atoms with E-state index in [0.717, 1.165) is 45.0 Å². The van der Waals surface area contributed by atoms with E-state index in [1.807, 2.05) is 37.3 Å². The standard InChI is InChI=1S/C15H15BrN2O/c1-18(2)8-9-3-5-11-12-7-10(16)4-6-13(12)17-14(11)15(9)19/h4,6-8,17H,3,5H2,1-2H3/b9-8-. The molecule has 0 radical (unpaired) electrons. The second-order valence-electron chi connectivity index (χ2n) is 5.12. The Balaban J connectivity index is 2.15. The molecular weight excluding hydrogens is 304 g/mol. The van der Waals surface area contributed by atoms with Crippen LogP contribution in [0.4, 0.5) is 0 Å². The van der Waals surface area contributed by atoms with Crippen molar-refractivity contribution in [1.29, 1.82) is 0 Å². The van der Waals surface area contributed by atoms with Crippen LogP contribution >= 0.6 is 15.9 Å². The number of fused-ring (bicyclic) bond motifs is 3. The Morgan fingerprint density at radius 2 is 2.11 bits per heavy atom. The first-order valence-electron chi connectivity index (χ1n) is 6.28. The zero-order chi connectivity index (χ0) is 13.6. The molecule has 0 unspecified atom stereocenters. The number of aromatic amines is 1. The van der Waals surface area contributed by atoms with E-state index in [1.54, 1.807) is 0 Å². The van der Waals surface area contributed by atoms with Gasteiger partial charge in [0.25, 0.3) is 0 Å². The van der Waals surface area contributed by atoms with Gasteiger partial charge in [-0.3, -0.25) is 4.79 Å². The van der Waals surface area contributed by atoms with Gasteiger partial charge in [0, 0.05) is 41.2 Å². The van der Waals surface area contributed by atoms with Crippen molar-refractivity contribution in [2.24, 2.45) is 0 Å². The van der Waals surface area contributed by atoms with E-state index in [-0.39, 0.29) is 5.78 Å². The fourth-order valence-corrected chi connectivity index (χ4v) is 3.00. The van der Waals surface area contributed by atoms with Crippen LogP contribution in [0, 0.1) is 0 Å². The van der Waals surface area contributed by atoms with Gasteiger partial charge in [0.05, 0.1) is 5.69 Å². The third-order valence-corrected chi connectivity index (χ3v) is 3.94. The molecule has 4 heteroatoms. The topological polar surface area (TPSA) is 36.1 Å². The summed E-state index contributed by atoms with van der Waals surface area (Å²) < 4.78 is 1.05. The van der Waals surface area contributed by atoms with Crippen molar-refractivity contribution < 1.29 is 4.79 Å². The van der Waals surface area contributed by atoms with Gasteiger partial charge in [-0.05, 0) is 36.6 Å². The number of nitrogens with one attached hydrogen (secondary N) is 1. The average molecular weight is 319 g/mol. The van der Waals surface area contributed by atoms with Crippen molar-refractivity contribution in [2.75, 3.05) is 14.1 Å². The molecule has 1 aromatic carbocycles. The van der Waals surface area contributed by atoms with Gasteiger partial charge >= 0.3 is 0 Å². The average Bonchev–Trinajstić information content (AvgIpc) is 2.71. The number of allylic oxidation sites excluding steroid dienone is 1. The monoisotopic (exact) mass is 318 g/mol. The van der Waals surface area contributed by atoms with Crippen LogP contribution in [-0.2, 0) is 6.42 Å². The minimum Gasteiger partial charge on any atom is -0.383 e. The molecule has 1 N–H and O–H groups in total. The molecule has 0 bridgehead atoms. The lowest BCUT2D eigenvalue weighted by Gasteiger charge is -2.16. The lowest BCUT2D eigenvalue weighted by Crippen LogP contribution is -2.16. The predicted molar refractivity (Wildman–Crippen MR) is 80.4 cm³/mol. The molecule has 3 rings (SSSR count). The minimum atomic E-state index is 0.127. The van der Waals surface area contributed by atoms with Gasteiger partial charge in [0.2, 0.25) is 5.78 Å². The van der Waals surface area contributed by atoms with Crippen LogP contribution in [0.3, 0.4) is 0 Å². The van der Waals surface area contributed by atoms with Gasteiger partial charge in [0.15, 0.2) is 0 Å². The molecular formula is C15H15BrN2O. The maximum absolute atomic E-state index is 12.5. The fraction of sp³-hybridized carbons (Fsp3) is 0.267. The number of carbonyl (C=O) groups excluding carboxylic acids is 1. The summed E-state index contributed by atoms with van der Waals surface area (Å²) in [5.41, 5.74) is 3.82. The zero-order valence-electron chi connectivity index (χ0n) is 11.0. The molecule has 98 valence electrons. The second-order valence-corrected chi connectivity index (χ2v) is 6.03. The zero-order valence-corrected chi connectivity index (χ0v) is 12.5. The van der Waals surface area contributed by atoms with Gasteiger partial charge in [0.1, 0.15) is 0 Å². The third kappa shape index (κ3) is 2.10. The summed E-state index contributed by atoms with van der Waals surface area (Å²) in [6, 6.07) is 6.09. The van der Waals surface area contributed by atoms with Crippen molar-refractivity contribution in [3.63, 3.8) is 0 Å². The molecule has 0 spiro atoms. The van der Waals surface area contributed by atoms with Crippen LogP contribution in [0.2, 0.25) is 0 Å². The highest BCUT2D eigenvalue weighted by Gasteiger charge is 2.25. The van der Waals surface area contributed by atoms with Gasteiger partial charge < -0.3 is 9.88 Å². The summed E-state index contributed by atoms with van der Waals surface area (Å²) in [6.45, 7) is 0. The maximum Gasteiger partial charge on any atom is 0.206 e. The van der Waals surface area contributed by atoms with Crippen molar-refractivity contribution in [3.05, 3.63) is 45.7 Å². The molecule has 0 atom stereocenters. The first-order chi connectivity index (χ1) is 9.06. The number of aryl methyl sites for hydroxylation is 1. The molecule has 1 aliphatic carbocycles. The number of hydrogen-bond acceptors (Lipinski definition) is 2. The van der Waals surface area contributed by atoms with Gasteiger partial charge in [-0.15, -0.1) is 0 Å². The quantitative estimate of drug-likeness (QED) is 0.817. The number of Topliss-reactive ketones (excluding diaryl/α,β-unsaturated/α-hetero) is 1. The smallest absolute Gasteiger partial charge is 0.206 e. The Kier molecular flexibility index (Phi) is 2.97. The van der Waals surface area contributed by atoms with E-state index in [1.165, 1.54) is 0 Å². The van der Waals surface area contributed by atoms with Crippen LogP contribution in [0.25, 0.3) is 10.9 Å². The van der Waals surface area contributed by atoms with Crippen LogP contribution in [0.15, 0.2) is 34.4 Å². The molecule has 3 nitrogen and oxygen atoms in total. The highest BCUT2D eigenvalue weighted by Crippen LogP contribution is 2.32. The minimum absolute atomic E-state index is 0.127. The highest BCUT2D eigenvalue weighted by atomic mass is 79.9. The molecule has 0 aliphatic heterocycles. The molecule has 0 amide bonds. The number of aromatic nitrogens is 1. The first kappa shape index (κ1) is 12.5. The van der Waals surface area contributed by atoms with Gasteiger partial charge in [-0.2, -0.15) is 0 Å². The van der Waals surface area contributed by atoms with E-state index in [9.17, 15) is 4.79 Å². The van der Waals surface area contributed by atoms with Gasteiger partial charge in [-0.25, -0.2) is 0 Å². The molecule has 1 heterocycles. The van der Waals surface area contributed by atoms with Crippen LogP contribution in [0.5, 0.6) is 0 Å². The Morgan fingerprint density at radius 1 is 1.32 bits per heavy atom. The molecule has 0 saturated heterocycles. The van der Waals surface area contributed by atoms with E-state index in [4.69, 9.17) is 0 Å². The fourth-order valence-electron chi connectivity index (χ4n) is 2.64. The number of carbonyl (C=O) groups is 1. The largest absolute Gasteiger partial charge is 0.383 e. The van der Waals surface area contributed by atoms with E-state index in [0.29, 0.717) is 0 Å². The Hall–Kier alpha value is -1.55. The number of rotatable bonds is 1. The Bertz CT molecular complexity index is 697. The van der Waals surface area contributed by atoms with Crippen molar-refractivity contribution in [1.82, 2.24) is 9.88 Å². The van der Waals surface area contributed by atoms with Crippen molar-refractivity contribution in [3.8, 4) is 0 Å². The van der Waals surface area contributed by atoms with E-state index < -0.39 is 0 Å². The molecule has 2 aromatic rings. The lowest BCUT2D eigenvalue weighted by atomic mass is 9.91. The molecule has 0 fully saturated rings. The summed E-state index contributed by atoms with van der Waals surface area (Å²) in [4.78, 5) is 17.7. The number of hydrogen-bond donors (Lipinski definition) is 1. The Morgan fingerprint density at radius 3 is 2.84 bits per heavy atom. The lowest BCUT2D eigenvalue weighted by molar-refractivity contribution is 0.102. The number of halogens is 1. The summed E-state index contributed by atoms with van der Waals surface area (Å²) >= 11 is 3.49. The molecule has 0 saturated carbocycles. The van der Waals surface area contributed by atoms with E-state index >= 15 is 0 Å². The SMILES string of the molecule is CN(C)/C=C1/CCc2c([nH]c3ccc(Br)cc23)C1=O. The van der Waals surface area contributed by atoms with Crippen LogP contribution in [0.1, 0.15) is 22.5 Å². The van der Waals surface area contributed by atoms with Crippen LogP contribution < -0.4 is 0 Å². The Labute approximate surface area is 120 Å². The number of benzene rings is 1. The summed E-state index contributed by atoms with van der Waals surface area (Å²) in [5.74, 6) is 0.127. The summed E-state index contributed by atoms with van der Waals surface area (Å²) in [7, 11) is 3.89. The molecule has 1 aromatic heterocycles. The van der Waals surface area contributed by atoms with Crippen molar-refractivity contribution in [2.45, 2.75) is 12.8 Å². The normalized spacial score (nSPS) is 17.0. The van der Waals surface area contributed by atoms with E-state index in [2.05, 4.69) is 27.0 Å².